The molecule has 1 aliphatic heterocycles. The predicted octanol–water partition coefficient (Wildman–Crippen LogP) is 4.18. The Kier molecular flexibility index (Phi) is 4.37. The summed E-state index contributed by atoms with van der Waals surface area (Å²) in [6.07, 6.45) is 3.51. The van der Waals surface area contributed by atoms with Crippen LogP contribution in [-0.4, -0.2) is 23.6 Å². The van der Waals surface area contributed by atoms with Crippen molar-refractivity contribution in [2.75, 3.05) is 7.11 Å². The van der Waals surface area contributed by atoms with E-state index in [0.29, 0.717) is 10.9 Å². The first-order valence-corrected chi connectivity index (χ1v) is 8.39. The molecule has 0 spiro atoms. The van der Waals surface area contributed by atoms with E-state index in [4.69, 9.17) is 21.3 Å². The normalized spacial score (nSPS) is 13.0. The number of hydrogen-bond donors (Lipinski definition) is 1. The molecule has 0 amide bonds. The highest BCUT2D eigenvalue weighted by molar-refractivity contribution is 6.30. The molecule has 0 aliphatic carbocycles. The number of benzene rings is 2. The molecule has 1 aromatic heterocycles. The van der Waals surface area contributed by atoms with Gasteiger partial charge in [-0.1, -0.05) is 11.6 Å². The molecule has 0 bridgehead atoms. The van der Waals surface area contributed by atoms with Crippen LogP contribution in [-0.2, 0) is 0 Å². The van der Waals surface area contributed by atoms with Crippen LogP contribution in [0.4, 0.5) is 5.69 Å². The summed E-state index contributed by atoms with van der Waals surface area (Å²) in [6.45, 7) is 0. The van der Waals surface area contributed by atoms with Gasteiger partial charge in [0.1, 0.15) is 11.5 Å². The third-order valence-electron chi connectivity index (χ3n) is 4.02. The molecule has 5 nitrogen and oxygen atoms in total. The lowest BCUT2D eigenvalue weighted by atomic mass is 10.0. The molecule has 0 unspecified atom stereocenters. The highest BCUT2D eigenvalue weighted by atomic mass is 35.5. The largest absolute Gasteiger partial charge is 0.497 e. The van der Waals surface area contributed by atoms with Gasteiger partial charge in [-0.2, -0.15) is 5.10 Å². The van der Waals surface area contributed by atoms with Gasteiger partial charge in [-0.05, 0) is 54.6 Å². The second kappa shape index (κ2) is 6.98. The maximum absolute atomic E-state index is 5.99. The first-order chi connectivity index (χ1) is 12.7. The molecule has 1 N–H and O–H groups in total. The Balaban J connectivity index is 1.87. The van der Waals surface area contributed by atoms with Gasteiger partial charge in [-0.15, -0.1) is 0 Å². The Morgan fingerprint density at radius 3 is 2.58 bits per heavy atom. The number of ether oxygens (including phenoxy) is 1. The minimum atomic E-state index is 0.645. The molecule has 4 rings (SSSR count). The highest BCUT2D eigenvalue weighted by Crippen LogP contribution is 2.29. The van der Waals surface area contributed by atoms with E-state index >= 15 is 0 Å². The number of hydrazone groups is 1. The zero-order chi connectivity index (χ0) is 17.9. The van der Waals surface area contributed by atoms with Crippen molar-refractivity contribution in [2.24, 2.45) is 10.1 Å². The summed E-state index contributed by atoms with van der Waals surface area (Å²) in [5, 5.41) is 5.27. The summed E-state index contributed by atoms with van der Waals surface area (Å²) >= 11 is 5.99. The first-order valence-electron chi connectivity index (χ1n) is 8.02. The maximum atomic E-state index is 5.99. The molecule has 2 heterocycles. The smallest absolute Gasteiger partial charge is 0.154 e. The van der Waals surface area contributed by atoms with Crippen molar-refractivity contribution >= 4 is 28.8 Å². The zero-order valence-corrected chi connectivity index (χ0v) is 14.7. The van der Waals surface area contributed by atoms with E-state index in [1.807, 2.05) is 54.6 Å². The van der Waals surface area contributed by atoms with Crippen molar-refractivity contribution in [3.05, 3.63) is 88.7 Å². The van der Waals surface area contributed by atoms with Crippen LogP contribution in [0.15, 0.2) is 77.1 Å². The van der Waals surface area contributed by atoms with Crippen molar-refractivity contribution in [1.29, 1.82) is 0 Å². The van der Waals surface area contributed by atoms with E-state index in [1.165, 1.54) is 0 Å². The van der Waals surface area contributed by atoms with E-state index in [1.54, 1.807) is 19.5 Å². The predicted molar refractivity (Wildman–Crippen MR) is 104 cm³/mol. The Morgan fingerprint density at radius 2 is 1.85 bits per heavy atom. The molecule has 128 valence electrons. The van der Waals surface area contributed by atoms with Gasteiger partial charge in [0.15, 0.2) is 5.84 Å². The quantitative estimate of drug-likeness (QED) is 0.760. The van der Waals surface area contributed by atoms with Crippen LogP contribution in [0.2, 0.25) is 5.02 Å². The van der Waals surface area contributed by atoms with Crippen molar-refractivity contribution < 1.29 is 4.74 Å². The molecular weight excluding hydrogens is 348 g/mol. The number of nitrogens with one attached hydrogen (secondary N) is 1. The minimum Gasteiger partial charge on any atom is -0.497 e. The zero-order valence-electron chi connectivity index (χ0n) is 14.0. The standard InChI is InChI=1S/C20H15ClN4O/c1-26-16-8-9-18-17(11-16)19(14-3-2-10-22-12-14)24-25-20(23-18)13-4-6-15(21)7-5-13/h2-12H,1H3,(H,23,25). The minimum absolute atomic E-state index is 0.645. The SMILES string of the molecule is COc1ccc2c(c1)C(c1cccnc1)=NNC(c1ccc(Cl)cc1)=N2. The second-order valence-corrected chi connectivity index (χ2v) is 6.10. The lowest BCUT2D eigenvalue weighted by Gasteiger charge is -2.09. The Labute approximate surface area is 156 Å². The summed E-state index contributed by atoms with van der Waals surface area (Å²) in [7, 11) is 1.64. The highest BCUT2D eigenvalue weighted by Gasteiger charge is 2.18. The third kappa shape index (κ3) is 3.17. The van der Waals surface area contributed by atoms with E-state index in [9.17, 15) is 0 Å². The molecule has 3 aromatic rings. The molecule has 6 heteroatoms. The Hall–Kier alpha value is -3.18. The van der Waals surface area contributed by atoms with Gasteiger partial charge in [-0.3, -0.25) is 10.4 Å². The number of hydrogen-bond acceptors (Lipinski definition) is 5. The van der Waals surface area contributed by atoms with Crippen LogP contribution in [0.1, 0.15) is 16.7 Å². The topological polar surface area (TPSA) is 58.9 Å². The Bertz CT molecular complexity index is 998. The van der Waals surface area contributed by atoms with Crippen LogP contribution < -0.4 is 10.2 Å². The lowest BCUT2D eigenvalue weighted by Crippen LogP contribution is -2.19. The molecule has 26 heavy (non-hydrogen) atoms. The van der Waals surface area contributed by atoms with Gasteiger partial charge in [0.25, 0.3) is 0 Å². The van der Waals surface area contributed by atoms with Gasteiger partial charge in [0.05, 0.1) is 12.8 Å². The van der Waals surface area contributed by atoms with E-state index < -0.39 is 0 Å². The number of fused-ring (bicyclic) bond motifs is 1. The number of methoxy groups -OCH3 is 1. The maximum Gasteiger partial charge on any atom is 0.154 e. The lowest BCUT2D eigenvalue weighted by molar-refractivity contribution is 0.415. The summed E-state index contributed by atoms with van der Waals surface area (Å²) in [5.41, 5.74) is 7.28. The number of amidine groups is 1. The average molecular weight is 363 g/mol. The van der Waals surface area contributed by atoms with E-state index in [-0.39, 0.29) is 0 Å². The van der Waals surface area contributed by atoms with Crippen LogP contribution in [0, 0.1) is 0 Å². The summed E-state index contributed by atoms with van der Waals surface area (Å²) < 4.78 is 5.38. The molecule has 0 atom stereocenters. The molecular formula is C20H15ClN4O. The van der Waals surface area contributed by atoms with Crippen LogP contribution in [0.25, 0.3) is 0 Å². The van der Waals surface area contributed by atoms with Gasteiger partial charge in [-0.25, -0.2) is 4.99 Å². The fourth-order valence-corrected chi connectivity index (χ4v) is 2.83. The number of aromatic nitrogens is 1. The monoisotopic (exact) mass is 362 g/mol. The molecule has 0 saturated carbocycles. The van der Waals surface area contributed by atoms with Gasteiger partial charge in [0.2, 0.25) is 0 Å². The number of halogens is 1. The van der Waals surface area contributed by atoms with Crippen molar-refractivity contribution in [3.8, 4) is 5.75 Å². The Morgan fingerprint density at radius 1 is 1.00 bits per heavy atom. The van der Waals surface area contributed by atoms with Crippen molar-refractivity contribution in [3.63, 3.8) is 0 Å². The molecule has 0 saturated heterocycles. The van der Waals surface area contributed by atoms with Gasteiger partial charge in [0, 0.05) is 34.1 Å². The summed E-state index contributed by atoms with van der Waals surface area (Å²) in [4.78, 5) is 8.96. The number of aliphatic imine (C=N–C) groups is 1. The molecule has 0 fully saturated rings. The van der Waals surface area contributed by atoms with Crippen molar-refractivity contribution in [2.45, 2.75) is 0 Å². The van der Waals surface area contributed by atoms with Crippen molar-refractivity contribution in [1.82, 2.24) is 10.4 Å². The second-order valence-electron chi connectivity index (χ2n) is 5.66. The summed E-state index contributed by atoms with van der Waals surface area (Å²) in [6, 6.07) is 17.0. The molecule has 2 aromatic carbocycles. The first kappa shape index (κ1) is 16.3. The number of rotatable bonds is 3. The molecule has 0 radical (unpaired) electrons. The average Bonchev–Trinajstić information content (AvgIpc) is 2.88. The fraction of sp³-hybridized carbons (Fsp3) is 0.0500. The van der Waals surface area contributed by atoms with Crippen LogP contribution in [0.5, 0.6) is 5.75 Å². The van der Waals surface area contributed by atoms with E-state index in [2.05, 4.69) is 15.5 Å². The van der Waals surface area contributed by atoms with Gasteiger partial charge < -0.3 is 4.74 Å². The fourth-order valence-electron chi connectivity index (χ4n) is 2.70. The number of pyridine rings is 1. The van der Waals surface area contributed by atoms with E-state index in [0.717, 1.165) is 33.8 Å². The van der Waals surface area contributed by atoms with Crippen LogP contribution in [0.3, 0.4) is 0 Å². The third-order valence-corrected chi connectivity index (χ3v) is 4.27. The number of nitrogens with zero attached hydrogens (tertiary/aromatic N) is 3. The van der Waals surface area contributed by atoms with Crippen LogP contribution >= 0.6 is 11.6 Å². The molecule has 1 aliphatic rings. The summed E-state index contributed by atoms with van der Waals surface area (Å²) in [5.74, 6) is 1.39. The van der Waals surface area contributed by atoms with Gasteiger partial charge >= 0.3 is 0 Å².